The molecule has 0 aliphatic carbocycles. The van der Waals surface area contributed by atoms with E-state index in [1.54, 1.807) is 11.3 Å². The van der Waals surface area contributed by atoms with E-state index in [0.717, 1.165) is 29.8 Å². The first-order valence-electron chi connectivity index (χ1n) is 7.54. The number of nitrogens with zero attached hydrogens (tertiary/aromatic N) is 2. The molecule has 0 N–H and O–H groups in total. The highest BCUT2D eigenvalue weighted by molar-refractivity contribution is 7.13. The standard InChI is InChI=1S/C15H24N2O2S/c1-3-19-14(18)7-6-13-11-20-15(16-13)17-9-4-5-12(2)8-10-17/h11-12H,3-10H2,1-2H3. The Morgan fingerprint density at radius 2 is 2.35 bits per heavy atom. The van der Waals surface area contributed by atoms with Crippen LogP contribution in [0.25, 0.3) is 0 Å². The largest absolute Gasteiger partial charge is 0.466 e. The molecule has 2 rings (SSSR count). The van der Waals surface area contributed by atoms with Crippen molar-refractivity contribution in [2.45, 2.75) is 46.0 Å². The lowest BCUT2D eigenvalue weighted by Crippen LogP contribution is -2.23. The van der Waals surface area contributed by atoms with Crippen molar-refractivity contribution in [1.82, 2.24) is 4.98 Å². The molecule has 1 saturated heterocycles. The Bertz CT molecular complexity index is 433. The van der Waals surface area contributed by atoms with Gasteiger partial charge in [0, 0.05) is 24.9 Å². The van der Waals surface area contributed by atoms with E-state index >= 15 is 0 Å². The summed E-state index contributed by atoms with van der Waals surface area (Å²) in [4.78, 5) is 18.4. The molecule has 1 aliphatic heterocycles. The van der Waals surface area contributed by atoms with Gasteiger partial charge in [0.1, 0.15) is 0 Å². The van der Waals surface area contributed by atoms with Gasteiger partial charge in [0.2, 0.25) is 0 Å². The van der Waals surface area contributed by atoms with Crippen LogP contribution in [0.2, 0.25) is 0 Å². The second-order valence-electron chi connectivity index (χ2n) is 5.45. The van der Waals surface area contributed by atoms with Gasteiger partial charge in [0.25, 0.3) is 0 Å². The molecular weight excluding hydrogens is 272 g/mol. The van der Waals surface area contributed by atoms with Crippen LogP contribution in [0.5, 0.6) is 0 Å². The highest BCUT2D eigenvalue weighted by atomic mass is 32.1. The predicted molar refractivity (Wildman–Crippen MR) is 82.3 cm³/mol. The third kappa shape index (κ3) is 4.47. The van der Waals surface area contributed by atoms with Crippen molar-refractivity contribution in [3.05, 3.63) is 11.1 Å². The smallest absolute Gasteiger partial charge is 0.306 e. The average molecular weight is 296 g/mol. The Morgan fingerprint density at radius 1 is 1.50 bits per heavy atom. The van der Waals surface area contributed by atoms with E-state index in [0.29, 0.717) is 19.4 Å². The van der Waals surface area contributed by atoms with Crippen molar-refractivity contribution in [3.8, 4) is 0 Å². The maximum Gasteiger partial charge on any atom is 0.306 e. The summed E-state index contributed by atoms with van der Waals surface area (Å²) in [5.41, 5.74) is 1.01. The van der Waals surface area contributed by atoms with Gasteiger partial charge >= 0.3 is 5.97 Å². The van der Waals surface area contributed by atoms with Crippen LogP contribution >= 0.6 is 11.3 Å². The van der Waals surface area contributed by atoms with Crippen LogP contribution in [-0.2, 0) is 16.0 Å². The molecule has 20 heavy (non-hydrogen) atoms. The van der Waals surface area contributed by atoms with Gasteiger partial charge in [-0.25, -0.2) is 4.98 Å². The zero-order chi connectivity index (χ0) is 14.4. The van der Waals surface area contributed by atoms with Crippen LogP contribution in [-0.4, -0.2) is 30.6 Å². The molecule has 1 atom stereocenters. The van der Waals surface area contributed by atoms with Gasteiger partial charge in [-0.05, 0) is 32.1 Å². The van der Waals surface area contributed by atoms with Crippen LogP contribution in [0, 0.1) is 5.92 Å². The molecule has 2 heterocycles. The number of aromatic nitrogens is 1. The fourth-order valence-corrected chi connectivity index (χ4v) is 3.39. The lowest BCUT2D eigenvalue weighted by molar-refractivity contribution is -0.143. The molecule has 0 saturated carbocycles. The monoisotopic (exact) mass is 296 g/mol. The Balaban J connectivity index is 1.86. The van der Waals surface area contributed by atoms with Crippen LogP contribution in [0.15, 0.2) is 5.38 Å². The maximum absolute atomic E-state index is 11.3. The van der Waals surface area contributed by atoms with E-state index in [1.807, 2.05) is 6.92 Å². The number of thiazole rings is 1. The van der Waals surface area contributed by atoms with E-state index in [1.165, 1.54) is 19.3 Å². The second kappa shape index (κ2) is 7.62. The van der Waals surface area contributed by atoms with Gasteiger partial charge in [-0.3, -0.25) is 4.79 Å². The molecule has 0 amide bonds. The van der Waals surface area contributed by atoms with Gasteiger partial charge in [-0.2, -0.15) is 0 Å². The molecule has 1 aromatic heterocycles. The van der Waals surface area contributed by atoms with Gasteiger partial charge in [-0.15, -0.1) is 11.3 Å². The summed E-state index contributed by atoms with van der Waals surface area (Å²) >= 11 is 1.69. The number of anilines is 1. The molecule has 4 nitrogen and oxygen atoms in total. The van der Waals surface area contributed by atoms with E-state index in [2.05, 4.69) is 22.2 Å². The fourth-order valence-electron chi connectivity index (χ4n) is 2.47. The highest BCUT2D eigenvalue weighted by Gasteiger charge is 2.17. The quantitative estimate of drug-likeness (QED) is 0.782. The lowest BCUT2D eigenvalue weighted by atomic mass is 10.0. The van der Waals surface area contributed by atoms with E-state index < -0.39 is 0 Å². The second-order valence-corrected chi connectivity index (χ2v) is 6.29. The Labute approximate surface area is 125 Å². The topological polar surface area (TPSA) is 42.4 Å². The van der Waals surface area contributed by atoms with Crippen molar-refractivity contribution in [2.75, 3.05) is 24.6 Å². The fraction of sp³-hybridized carbons (Fsp3) is 0.733. The molecule has 0 radical (unpaired) electrons. The number of hydrogen-bond acceptors (Lipinski definition) is 5. The van der Waals surface area contributed by atoms with E-state index in [9.17, 15) is 4.79 Å². The number of ether oxygens (including phenoxy) is 1. The van der Waals surface area contributed by atoms with E-state index in [4.69, 9.17) is 4.74 Å². The van der Waals surface area contributed by atoms with Crippen LogP contribution in [0.3, 0.4) is 0 Å². The first-order valence-corrected chi connectivity index (χ1v) is 8.42. The number of carbonyl (C=O) groups is 1. The summed E-state index contributed by atoms with van der Waals surface area (Å²) in [6.07, 6.45) is 4.92. The van der Waals surface area contributed by atoms with Gasteiger partial charge < -0.3 is 9.64 Å². The number of esters is 1. The molecule has 0 bridgehead atoms. The summed E-state index contributed by atoms with van der Waals surface area (Å²) < 4.78 is 4.94. The van der Waals surface area contributed by atoms with Gasteiger partial charge in [-0.1, -0.05) is 6.92 Å². The minimum atomic E-state index is -0.134. The van der Waals surface area contributed by atoms with Crippen LogP contribution < -0.4 is 4.90 Å². The first kappa shape index (κ1) is 15.3. The molecule has 0 spiro atoms. The van der Waals surface area contributed by atoms with Crippen LogP contribution in [0.4, 0.5) is 5.13 Å². The first-order chi connectivity index (χ1) is 9.69. The van der Waals surface area contributed by atoms with Crippen molar-refractivity contribution in [3.63, 3.8) is 0 Å². The zero-order valence-corrected chi connectivity index (χ0v) is 13.2. The Hall–Kier alpha value is -1.10. The van der Waals surface area contributed by atoms with Gasteiger partial charge in [0.05, 0.1) is 18.7 Å². The van der Waals surface area contributed by atoms with E-state index in [-0.39, 0.29) is 5.97 Å². The Kier molecular flexibility index (Phi) is 5.83. The molecule has 1 aromatic rings. The molecule has 0 aromatic carbocycles. The van der Waals surface area contributed by atoms with Crippen molar-refractivity contribution in [1.29, 1.82) is 0 Å². The van der Waals surface area contributed by atoms with Gasteiger partial charge in [0.15, 0.2) is 5.13 Å². The maximum atomic E-state index is 11.3. The summed E-state index contributed by atoms with van der Waals surface area (Å²) in [5.74, 6) is 0.689. The zero-order valence-electron chi connectivity index (χ0n) is 12.4. The minimum Gasteiger partial charge on any atom is -0.466 e. The number of hydrogen-bond donors (Lipinski definition) is 0. The van der Waals surface area contributed by atoms with Crippen molar-refractivity contribution in [2.24, 2.45) is 5.92 Å². The number of carbonyl (C=O) groups excluding carboxylic acids is 1. The predicted octanol–water partition coefficient (Wildman–Crippen LogP) is 3.27. The normalized spacial score (nSPS) is 19.7. The molecular formula is C15H24N2O2S. The average Bonchev–Trinajstić information content (AvgIpc) is 2.79. The molecule has 5 heteroatoms. The minimum absolute atomic E-state index is 0.134. The molecule has 1 aliphatic rings. The third-order valence-electron chi connectivity index (χ3n) is 3.72. The lowest BCUT2D eigenvalue weighted by Gasteiger charge is -2.18. The summed E-state index contributed by atoms with van der Waals surface area (Å²) in [6.45, 7) is 6.82. The summed E-state index contributed by atoms with van der Waals surface area (Å²) in [7, 11) is 0. The molecule has 112 valence electrons. The molecule has 1 unspecified atom stereocenters. The molecule has 1 fully saturated rings. The number of aryl methyl sites for hydroxylation is 1. The number of rotatable bonds is 5. The van der Waals surface area contributed by atoms with Crippen molar-refractivity contribution >= 4 is 22.4 Å². The third-order valence-corrected chi connectivity index (χ3v) is 4.67. The summed E-state index contributed by atoms with van der Waals surface area (Å²) in [6, 6.07) is 0. The van der Waals surface area contributed by atoms with Crippen LogP contribution in [0.1, 0.15) is 45.2 Å². The van der Waals surface area contributed by atoms with Crippen molar-refractivity contribution < 1.29 is 9.53 Å². The SMILES string of the molecule is CCOC(=O)CCc1csc(N2CCCC(C)CC2)n1. The summed E-state index contributed by atoms with van der Waals surface area (Å²) in [5, 5.41) is 3.18. The Morgan fingerprint density at radius 3 is 3.15 bits per heavy atom. The highest BCUT2D eigenvalue weighted by Crippen LogP contribution is 2.25.